The van der Waals surface area contributed by atoms with Crippen molar-refractivity contribution in [2.24, 2.45) is 0 Å². The van der Waals surface area contributed by atoms with E-state index in [1.807, 2.05) is 24.3 Å². The molecule has 0 aliphatic rings. The second-order valence-corrected chi connectivity index (χ2v) is 8.05. The summed E-state index contributed by atoms with van der Waals surface area (Å²) in [6.07, 6.45) is 1.14. The number of hydrogen-bond acceptors (Lipinski definition) is 2. The summed E-state index contributed by atoms with van der Waals surface area (Å²) in [5.74, 6) is 1.37. The molecule has 3 heteroatoms. The lowest BCUT2D eigenvalue weighted by molar-refractivity contribution is -0.116. The molecule has 0 fully saturated rings. The van der Waals surface area contributed by atoms with Gasteiger partial charge in [-0.15, -0.1) is 0 Å². The van der Waals surface area contributed by atoms with E-state index in [-0.39, 0.29) is 11.3 Å². The highest BCUT2D eigenvalue weighted by Crippen LogP contribution is 2.24. The highest BCUT2D eigenvalue weighted by atomic mass is 16.5. The van der Waals surface area contributed by atoms with Crippen LogP contribution in [0.5, 0.6) is 5.75 Å². The first-order chi connectivity index (χ1) is 12.3. The van der Waals surface area contributed by atoms with Crippen molar-refractivity contribution in [2.75, 3.05) is 11.9 Å². The predicted molar refractivity (Wildman–Crippen MR) is 109 cm³/mol. The summed E-state index contributed by atoms with van der Waals surface area (Å²) in [5.41, 5.74) is 3.55. The SMILES string of the molecule is CC(C)c1ccc(NC(=O)CCCOc2ccc(C(C)(C)C)cc2)cc1. The summed E-state index contributed by atoms with van der Waals surface area (Å²) in [6.45, 7) is 11.4. The molecule has 1 amide bonds. The number of anilines is 1. The number of benzene rings is 2. The van der Waals surface area contributed by atoms with Gasteiger partial charge >= 0.3 is 0 Å². The van der Waals surface area contributed by atoms with Gasteiger partial charge in [-0.3, -0.25) is 4.79 Å². The maximum absolute atomic E-state index is 12.0. The van der Waals surface area contributed by atoms with E-state index >= 15 is 0 Å². The average molecular weight is 354 g/mol. The minimum Gasteiger partial charge on any atom is -0.494 e. The van der Waals surface area contributed by atoms with Gasteiger partial charge in [0.15, 0.2) is 0 Å². The summed E-state index contributed by atoms with van der Waals surface area (Å²) in [5, 5.41) is 2.94. The zero-order chi connectivity index (χ0) is 19.2. The van der Waals surface area contributed by atoms with E-state index in [9.17, 15) is 4.79 Å². The highest BCUT2D eigenvalue weighted by Gasteiger charge is 2.13. The van der Waals surface area contributed by atoms with Crippen LogP contribution in [0.15, 0.2) is 48.5 Å². The first-order valence-corrected chi connectivity index (χ1v) is 9.39. The fourth-order valence-corrected chi connectivity index (χ4v) is 2.65. The molecule has 0 aliphatic heterocycles. The molecule has 0 aliphatic carbocycles. The number of ether oxygens (including phenoxy) is 1. The summed E-state index contributed by atoms with van der Waals surface area (Å²) in [6, 6.07) is 16.2. The van der Waals surface area contributed by atoms with Crippen molar-refractivity contribution in [3.05, 3.63) is 59.7 Å². The Kier molecular flexibility index (Phi) is 6.84. The molecule has 140 valence electrons. The Morgan fingerprint density at radius 3 is 2.15 bits per heavy atom. The lowest BCUT2D eigenvalue weighted by Gasteiger charge is -2.19. The first-order valence-electron chi connectivity index (χ1n) is 9.39. The summed E-state index contributed by atoms with van der Waals surface area (Å²) < 4.78 is 5.74. The Hall–Kier alpha value is -2.29. The summed E-state index contributed by atoms with van der Waals surface area (Å²) in [7, 11) is 0. The van der Waals surface area contributed by atoms with Crippen molar-refractivity contribution < 1.29 is 9.53 Å². The van der Waals surface area contributed by atoms with E-state index in [0.29, 0.717) is 25.4 Å². The zero-order valence-corrected chi connectivity index (χ0v) is 16.6. The predicted octanol–water partition coefficient (Wildman–Crippen LogP) is 5.91. The molecule has 0 radical (unpaired) electrons. The minimum atomic E-state index is 0.0222. The molecule has 0 heterocycles. The van der Waals surface area contributed by atoms with Crippen LogP contribution in [0.25, 0.3) is 0 Å². The van der Waals surface area contributed by atoms with Crippen molar-refractivity contribution in [2.45, 2.75) is 58.8 Å². The molecule has 0 aromatic heterocycles. The molecule has 0 bridgehead atoms. The van der Waals surface area contributed by atoms with Crippen molar-refractivity contribution >= 4 is 11.6 Å². The molecule has 0 unspecified atom stereocenters. The van der Waals surface area contributed by atoms with E-state index in [2.05, 4.69) is 64.2 Å². The summed E-state index contributed by atoms with van der Waals surface area (Å²) in [4.78, 5) is 12.0. The van der Waals surface area contributed by atoms with Crippen molar-refractivity contribution in [3.63, 3.8) is 0 Å². The molecule has 2 aromatic carbocycles. The number of amides is 1. The molecule has 2 rings (SSSR count). The largest absolute Gasteiger partial charge is 0.494 e. The molecule has 0 saturated carbocycles. The molecule has 0 spiro atoms. The van der Waals surface area contributed by atoms with Crippen LogP contribution in [0, 0.1) is 0 Å². The third-order valence-electron chi connectivity index (χ3n) is 4.40. The van der Waals surface area contributed by atoms with Crippen LogP contribution < -0.4 is 10.1 Å². The Morgan fingerprint density at radius 1 is 1.00 bits per heavy atom. The van der Waals surface area contributed by atoms with E-state index in [4.69, 9.17) is 4.74 Å². The van der Waals surface area contributed by atoms with Gasteiger partial charge in [0, 0.05) is 12.1 Å². The van der Waals surface area contributed by atoms with Crippen molar-refractivity contribution in [1.82, 2.24) is 0 Å². The van der Waals surface area contributed by atoms with Crippen LogP contribution in [0.4, 0.5) is 5.69 Å². The van der Waals surface area contributed by atoms with Gasteiger partial charge in [0.25, 0.3) is 0 Å². The van der Waals surface area contributed by atoms with Crippen molar-refractivity contribution in [1.29, 1.82) is 0 Å². The van der Waals surface area contributed by atoms with E-state index in [0.717, 1.165) is 11.4 Å². The quantitative estimate of drug-likeness (QED) is 0.629. The topological polar surface area (TPSA) is 38.3 Å². The van der Waals surface area contributed by atoms with Gasteiger partial charge in [0.05, 0.1) is 6.61 Å². The first kappa shape index (κ1) is 20.0. The van der Waals surface area contributed by atoms with Gasteiger partial charge in [-0.25, -0.2) is 0 Å². The second-order valence-electron chi connectivity index (χ2n) is 8.05. The Labute approximate surface area is 157 Å². The zero-order valence-electron chi connectivity index (χ0n) is 16.6. The highest BCUT2D eigenvalue weighted by molar-refractivity contribution is 5.90. The molecule has 26 heavy (non-hydrogen) atoms. The van der Waals surface area contributed by atoms with Gasteiger partial charge in [0.1, 0.15) is 5.75 Å². The Morgan fingerprint density at radius 2 is 1.62 bits per heavy atom. The fraction of sp³-hybridized carbons (Fsp3) is 0.435. The van der Waals surface area contributed by atoms with Gasteiger partial charge in [-0.05, 0) is 53.1 Å². The van der Waals surface area contributed by atoms with E-state index in [1.54, 1.807) is 0 Å². The van der Waals surface area contributed by atoms with Crippen LogP contribution in [0.2, 0.25) is 0 Å². The second kappa shape index (κ2) is 8.88. The molecule has 0 atom stereocenters. The van der Waals surface area contributed by atoms with Gasteiger partial charge in [-0.1, -0.05) is 58.9 Å². The molecular weight excluding hydrogens is 322 g/mol. The van der Waals surface area contributed by atoms with Gasteiger partial charge < -0.3 is 10.1 Å². The normalized spacial score (nSPS) is 11.5. The van der Waals surface area contributed by atoms with Crippen molar-refractivity contribution in [3.8, 4) is 5.75 Å². The van der Waals surface area contributed by atoms with E-state index < -0.39 is 0 Å². The lowest BCUT2D eigenvalue weighted by atomic mass is 9.87. The summed E-state index contributed by atoms with van der Waals surface area (Å²) >= 11 is 0. The maximum Gasteiger partial charge on any atom is 0.224 e. The van der Waals surface area contributed by atoms with Gasteiger partial charge in [-0.2, -0.15) is 0 Å². The molecule has 3 nitrogen and oxygen atoms in total. The Balaban J connectivity index is 1.71. The van der Waals surface area contributed by atoms with Crippen LogP contribution in [-0.4, -0.2) is 12.5 Å². The molecule has 0 saturated heterocycles. The van der Waals surface area contributed by atoms with Crippen LogP contribution in [0.1, 0.15) is 64.5 Å². The number of rotatable bonds is 7. The Bertz CT molecular complexity index is 694. The third-order valence-corrected chi connectivity index (χ3v) is 4.40. The lowest BCUT2D eigenvalue weighted by Crippen LogP contribution is -2.13. The number of carbonyl (C=O) groups excluding carboxylic acids is 1. The van der Waals surface area contributed by atoms with E-state index in [1.165, 1.54) is 11.1 Å². The smallest absolute Gasteiger partial charge is 0.224 e. The standard InChI is InChI=1S/C23H31NO2/c1-17(2)18-8-12-20(13-9-18)24-22(25)7-6-16-26-21-14-10-19(11-15-21)23(3,4)5/h8-15,17H,6-7,16H2,1-5H3,(H,24,25). The fourth-order valence-electron chi connectivity index (χ4n) is 2.65. The van der Waals surface area contributed by atoms with Crippen LogP contribution in [0.3, 0.4) is 0 Å². The minimum absolute atomic E-state index is 0.0222. The average Bonchev–Trinajstić information content (AvgIpc) is 2.59. The van der Waals surface area contributed by atoms with Crippen LogP contribution >= 0.6 is 0 Å². The molecule has 1 N–H and O–H groups in total. The molecular formula is C23H31NO2. The molecule has 2 aromatic rings. The number of nitrogens with one attached hydrogen (secondary N) is 1. The monoisotopic (exact) mass is 353 g/mol. The third kappa shape index (κ3) is 6.21. The maximum atomic E-state index is 12.0. The number of hydrogen-bond donors (Lipinski definition) is 1. The number of carbonyl (C=O) groups is 1. The van der Waals surface area contributed by atoms with Gasteiger partial charge in [0.2, 0.25) is 5.91 Å². The van der Waals surface area contributed by atoms with Crippen LogP contribution in [-0.2, 0) is 10.2 Å².